The van der Waals surface area contributed by atoms with Crippen molar-refractivity contribution in [2.45, 2.75) is 73.3 Å². The standard InChI is InChI=1S/C21H21OP.C14H17NO5.C14H15NO4.C3H3Cl3O3.CO2.2CH4/c1-16-4-10-19(11-5-16)23(22,20-12-6-17(2)7-13-20)21-14-8-18(3)9-15-21;1-3-19-13(17)11(10-8-6-5-7-9-10)15-12(16)14(18)20-4-2;1-3-17-13(16)12-15-11(14(19-12)18-4-2)10-8-6-5-7-9-10;1-8-2(7)9-3(4,5)6;2-1-3;;/h4-15H,1-3H3;5-9,11H,3-4H2,1-2H3,(H,15,16);5-9H,3-4H2,1-2H3;1H3;;2*1H4. The Balaban J connectivity index is 0.000000995. The number of alkyl halides is 3. The normalized spacial score (nSPS) is 10.4. The van der Waals surface area contributed by atoms with Gasteiger partial charge < -0.3 is 42.7 Å². The third kappa shape index (κ3) is 23.1. The average Bonchev–Trinajstić information content (AvgIpc) is 3.81. The van der Waals surface area contributed by atoms with Crippen LogP contribution in [0.1, 0.15) is 81.5 Å². The van der Waals surface area contributed by atoms with Crippen molar-refractivity contribution in [3.63, 3.8) is 0 Å². The monoisotopic (exact) mass is 1130 g/mol. The number of aromatic nitrogens is 1. The summed E-state index contributed by atoms with van der Waals surface area (Å²) >= 11 is 15.0. The Kier molecular flexibility index (Phi) is 32.4. The molecule has 1 heterocycles. The molecule has 1 aromatic heterocycles. The minimum atomic E-state index is -2.84. The van der Waals surface area contributed by atoms with Crippen LogP contribution in [0.5, 0.6) is 5.95 Å². The second-order valence-electron chi connectivity index (χ2n) is 14.7. The molecule has 0 fully saturated rings. The number of rotatable bonds is 13. The SMILES string of the molecule is C.C.CCOC(=O)C(=O)NC(C(=O)OCC)c1ccccc1.CCOC(=O)c1nc(-c2ccccc2)c(OCC)o1.COC(=O)OC(Cl)(Cl)Cl.Cc1ccc(P(=O)(c2ccc(C)cc2)c2ccc(C)cc2)cc1.O=C=O. The fraction of sp³-hybridized carbons (Fsp3) is 0.291. The molecule has 0 radical (unpaired) electrons. The lowest BCUT2D eigenvalue weighted by molar-refractivity contribution is -0.191. The summed E-state index contributed by atoms with van der Waals surface area (Å²) in [6.07, 6.45) is -0.782. The zero-order valence-corrected chi connectivity index (χ0v) is 44.9. The van der Waals surface area contributed by atoms with Gasteiger partial charge in [-0.2, -0.15) is 14.6 Å². The number of amides is 1. The van der Waals surface area contributed by atoms with Gasteiger partial charge in [0.1, 0.15) is 0 Å². The second kappa shape index (κ2) is 35.9. The van der Waals surface area contributed by atoms with E-state index >= 15 is 0 Å². The van der Waals surface area contributed by atoms with E-state index in [1.807, 2.05) is 131 Å². The number of nitrogens with zero attached hydrogens (tertiary/aromatic N) is 1. The number of halogens is 3. The molecule has 6 aromatic rings. The number of hydrogen-bond donors (Lipinski definition) is 1. The van der Waals surface area contributed by atoms with Gasteiger partial charge >= 0.3 is 51.9 Å². The van der Waals surface area contributed by atoms with Crippen LogP contribution in [0.2, 0.25) is 0 Å². The average molecular weight is 1130 g/mol. The van der Waals surface area contributed by atoms with Gasteiger partial charge in [-0.1, -0.05) is 165 Å². The molecule has 0 aliphatic carbocycles. The molecule has 0 spiro atoms. The van der Waals surface area contributed by atoms with Crippen LogP contribution in [-0.4, -0.2) is 78.6 Å². The molecule has 1 amide bonds. The smallest absolute Gasteiger partial charge is 0.464 e. The van der Waals surface area contributed by atoms with Crippen molar-refractivity contribution in [2.24, 2.45) is 0 Å². The number of carbonyl (C=O) groups is 5. The predicted octanol–water partition coefficient (Wildman–Crippen LogP) is 10.9. The molecular formula is C55H64Cl3N2O15P. The Morgan fingerprint density at radius 2 is 1.07 bits per heavy atom. The summed E-state index contributed by atoms with van der Waals surface area (Å²) < 4.78 is 45.2. The van der Waals surface area contributed by atoms with E-state index in [1.54, 1.807) is 51.1 Å². The first kappa shape index (κ1) is 68.7. The number of methoxy groups -OCH3 is 1. The highest BCUT2D eigenvalue weighted by Gasteiger charge is 2.30. The highest BCUT2D eigenvalue weighted by atomic mass is 35.6. The van der Waals surface area contributed by atoms with Crippen LogP contribution in [0, 0.1) is 20.8 Å². The second-order valence-corrected chi connectivity index (χ2v) is 19.6. The van der Waals surface area contributed by atoms with Crippen LogP contribution in [0.25, 0.3) is 11.3 Å². The Bertz CT molecular complexity index is 2650. The molecule has 410 valence electrons. The van der Waals surface area contributed by atoms with Crippen molar-refractivity contribution in [3.05, 3.63) is 162 Å². The molecule has 1 unspecified atom stereocenters. The Labute approximate surface area is 458 Å². The first-order chi connectivity index (χ1) is 35.2. The highest BCUT2D eigenvalue weighted by Crippen LogP contribution is 2.42. The molecule has 76 heavy (non-hydrogen) atoms. The molecule has 1 atom stereocenters. The van der Waals surface area contributed by atoms with Crippen LogP contribution >= 0.6 is 41.9 Å². The molecule has 5 aromatic carbocycles. The largest absolute Gasteiger partial charge is 0.511 e. The van der Waals surface area contributed by atoms with E-state index < -0.39 is 47.1 Å². The molecule has 0 saturated heterocycles. The van der Waals surface area contributed by atoms with Crippen LogP contribution in [-0.2, 0) is 52.2 Å². The van der Waals surface area contributed by atoms with Crippen molar-refractivity contribution in [1.82, 2.24) is 10.3 Å². The summed E-state index contributed by atoms with van der Waals surface area (Å²) in [7, 11) is -1.73. The van der Waals surface area contributed by atoms with Gasteiger partial charge in [0.2, 0.25) is 0 Å². The fourth-order valence-corrected chi connectivity index (χ4v) is 8.77. The fourth-order valence-electron chi connectivity index (χ4n) is 5.98. The Morgan fingerprint density at radius 3 is 1.43 bits per heavy atom. The summed E-state index contributed by atoms with van der Waals surface area (Å²) in [5.41, 5.74) is 5.38. The molecule has 0 bridgehead atoms. The van der Waals surface area contributed by atoms with Gasteiger partial charge in [0, 0.05) is 21.5 Å². The highest BCUT2D eigenvalue weighted by molar-refractivity contribution is 7.85. The Morgan fingerprint density at radius 1 is 0.645 bits per heavy atom. The summed E-state index contributed by atoms with van der Waals surface area (Å²) in [5.74, 6) is -3.09. The number of carbonyl (C=O) groups excluding carboxylic acids is 7. The minimum Gasteiger partial charge on any atom is -0.464 e. The van der Waals surface area contributed by atoms with E-state index in [-0.39, 0.29) is 52.7 Å². The van der Waals surface area contributed by atoms with Gasteiger partial charge in [-0.15, -0.1) is 0 Å². The summed E-state index contributed by atoms with van der Waals surface area (Å²) in [5, 5.41) is 4.97. The van der Waals surface area contributed by atoms with Gasteiger partial charge in [0.25, 0.3) is 0 Å². The molecule has 21 heteroatoms. The number of hydrogen-bond acceptors (Lipinski definition) is 16. The topological polar surface area (TPSA) is 230 Å². The van der Waals surface area contributed by atoms with E-state index in [1.165, 1.54) is 16.7 Å². The lowest BCUT2D eigenvalue weighted by Gasteiger charge is -2.20. The maximum absolute atomic E-state index is 14.2. The van der Waals surface area contributed by atoms with Crippen LogP contribution < -0.4 is 26.0 Å². The Hall–Kier alpha value is -7.26. The molecule has 17 nitrogen and oxygen atoms in total. The summed E-state index contributed by atoms with van der Waals surface area (Å²) in [6.45, 7) is 13.9. The van der Waals surface area contributed by atoms with Crippen LogP contribution in [0.15, 0.2) is 138 Å². The van der Waals surface area contributed by atoms with Crippen molar-refractivity contribution in [1.29, 1.82) is 0 Å². The molecular weight excluding hydrogens is 1070 g/mol. The summed E-state index contributed by atoms with van der Waals surface area (Å²) in [6, 6.07) is 41.1. The van der Waals surface area contributed by atoms with E-state index in [9.17, 15) is 28.5 Å². The number of nitrogens with one attached hydrogen (secondary N) is 1. The number of esters is 3. The van der Waals surface area contributed by atoms with Gasteiger partial charge in [-0.25, -0.2) is 19.2 Å². The molecule has 6 rings (SSSR count). The summed E-state index contributed by atoms with van der Waals surface area (Å²) in [4.78, 5) is 76.9. The van der Waals surface area contributed by atoms with E-state index in [0.29, 0.717) is 17.9 Å². The third-order valence-corrected chi connectivity index (χ3v) is 12.6. The number of benzene rings is 5. The van der Waals surface area contributed by atoms with Gasteiger partial charge in [-0.05, 0) is 88.8 Å². The van der Waals surface area contributed by atoms with E-state index in [2.05, 4.69) is 24.5 Å². The van der Waals surface area contributed by atoms with Gasteiger partial charge in [0.05, 0.1) is 33.5 Å². The van der Waals surface area contributed by atoms with Crippen molar-refractivity contribution in [2.75, 3.05) is 33.5 Å². The number of oxazole rings is 1. The zero-order valence-electron chi connectivity index (χ0n) is 41.8. The van der Waals surface area contributed by atoms with E-state index in [0.717, 1.165) is 28.6 Å². The van der Waals surface area contributed by atoms with Crippen LogP contribution in [0.4, 0.5) is 4.79 Å². The molecule has 1 N–H and O–H groups in total. The molecule has 0 aliphatic heterocycles. The van der Waals surface area contributed by atoms with Crippen molar-refractivity contribution in [3.8, 4) is 17.2 Å². The zero-order chi connectivity index (χ0) is 55.3. The van der Waals surface area contributed by atoms with Gasteiger partial charge in [0.15, 0.2) is 18.9 Å². The maximum Gasteiger partial charge on any atom is 0.511 e. The van der Waals surface area contributed by atoms with Crippen molar-refractivity contribution >= 4 is 94.0 Å². The molecule has 0 saturated carbocycles. The van der Waals surface area contributed by atoms with Crippen LogP contribution in [0.3, 0.4) is 0 Å². The van der Waals surface area contributed by atoms with Crippen molar-refractivity contribution < 1.29 is 71.0 Å². The minimum absolute atomic E-state index is 0. The van der Waals surface area contributed by atoms with E-state index in [4.69, 9.17) is 63.0 Å². The predicted molar refractivity (Wildman–Crippen MR) is 292 cm³/mol. The first-order valence-corrected chi connectivity index (χ1v) is 25.3. The quantitative estimate of drug-likeness (QED) is 0.0372. The lowest BCUT2D eigenvalue weighted by atomic mass is 10.1. The van der Waals surface area contributed by atoms with Gasteiger partial charge in [-0.3, -0.25) is 4.79 Å². The first-order valence-electron chi connectivity index (χ1n) is 22.4. The number of aryl methyl sites for hydroxylation is 3. The number of ether oxygens (including phenoxy) is 6. The molecule has 0 aliphatic rings. The maximum atomic E-state index is 14.2. The lowest BCUT2D eigenvalue weighted by Crippen LogP contribution is -2.39. The third-order valence-electron chi connectivity index (χ3n) is 9.32.